The highest BCUT2D eigenvalue weighted by molar-refractivity contribution is 5.99. The number of carbonyl (C=O) groups excluding carboxylic acids is 2. The lowest BCUT2D eigenvalue weighted by atomic mass is 10.2. The van der Waals surface area contributed by atoms with E-state index in [2.05, 4.69) is 9.84 Å². The van der Waals surface area contributed by atoms with E-state index in [0.29, 0.717) is 30.2 Å². The van der Waals surface area contributed by atoms with E-state index in [1.807, 2.05) is 6.92 Å². The van der Waals surface area contributed by atoms with E-state index in [0.717, 1.165) is 0 Å². The molecule has 0 aromatic carbocycles. The summed E-state index contributed by atoms with van der Waals surface area (Å²) in [4.78, 5) is 25.1. The first-order chi connectivity index (χ1) is 8.96. The summed E-state index contributed by atoms with van der Waals surface area (Å²) in [5, 5.41) is 4.19. The van der Waals surface area contributed by atoms with Crippen molar-refractivity contribution in [3.63, 3.8) is 0 Å². The Morgan fingerprint density at radius 1 is 1.42 bits per heavy atom. The summed E-state index contributed by atoms with van der Waals surface area (Å²) in [6.45, 7) is 6.24. The lowest BCUT2D eigenvalue weighted by Crippen LogP contribution is -2.37. The highest BCUT2D eigenvalue weighted by Crippen LogP contribution is 2.18. The predicted octanol–water partition coefficient (Wildman–Crippen LogP) is 0.429. The molecule has 0 saturated heterocycles. The molecule has 0 aliphatic heterocycles. The van der Waals surface area contributed by atoms with Crippen molar-refractivity contribution in [1.29, 1.82) is 0 Å². The number of aromatic nitrogens is 2. The van der Waals surface area contributed by atoms with Gasteiger partial charge in [0.25, 0.3) is 5.91 Å². The molecule has 0 spiro atoms. The Labute approximate surface area is 112 Å². The summed E-state index contributed by atoms with van der Waals surface area (Å²) < 4.78 is 6.12. The molecule has 0 unspecified atom stereocenters. The minimum Gasteiger partial charge on any atom is -0.468 e. The van der Waals surface area contributed by atoms with Crippen molar-refractivity contribution in [2.75, 3.05) is 25.9 Å². The van der Waals surface area contributed by atoms with Gasteiger partial charge in [-0.15, -0.1) is 0 Å². The monoisotopic (exact) mass is 268 g/mol. The van der Waals surface area contributed by atoms with Gasteiger partial charge in [0.2, 0.25) is 0 Å². The maximum atomic E-state index is 12.4. The molecule has 0 saturated carbocycles. The molecule has 1 heterocycles. The van der Waals surface area contributed by atoms with Gasteiger partial charge in [-0.25, -0.2) is 0 Å². The van der Waals surface area contributed by atoms with Crippen LogP contribution in [-0.4, -0.2) is 46.8 Å². The van der Waals surface area contributed by atoms with Gasteiger partial charge in [-0.2, -0.15) is 5.10 Å². The first-order valence-electron chi connectivity index (χ1n) is 6.15. The number of hydrogen-bond donors (Lipinski definition) is 1. The summed E-state index contributed by atoms with van der Waals surface area (Å²) >= 11 is 0. The van der Waals surface area contributed by atoms with E-state index in [1.54, 1.807) is 18.5 Å². The molecule has 0 bridgehead atoms. The van der Waals surface area contributed by atoms with E-state index in [9.17, 15) is 9.59 Å². The lowest BCUT2D eigenvalue weighted by molar-refractivity contribution is -0.141. The largest absolute Gasteiger partial charge is 0.468 e. The number of esters is 1. The Kier molecular flexibility index (Phi) is 4.91. The summed E-state index contributed by atoms with van der Waals surface area (Å²) in [6, 6.07) is 0. The van der Waals surface area contributed by atoms with E-state index >= 15 is 0 Å². The van der Waals surface area contributed by atoms with Crippen LogP contribution < -0.4 is 5.73 Å². The quantitative estimate of drug-likeness (QED) is 0.782. The number of likely N-dealkylation sites (N-methyl/N-ethyl adjacent to an activating group) is 1. The minimum absolute atomic E-state index is 0.0980. The van der Waals surface area contributed by atoms with Crippen molar-refractivity contribution in [3.8, 4) is 0 Å². The molecule has 19 heavy (non-hydrogen) atoms. The highest BCUT2D eigenvalue weighted by atomic mass is 16.5. The van der Waals surface area contributed by atoms with E-state index in [1.165, 1.54) is 12.0 Å². The topological polar surface area (TPSA) is 90.4 Å². The number of aryl methyl sites for hydroxylation is 2. The van der Waals surface area contributed by atoms with Crippen molar-refractivity contribution < 1.29 is 14.3 Å². The lowest BCUT2D eigenvalue weighted by Gasteiger charge is -2.20. The molecule has 0 aliphatic carbocycles. The summed E-state index contributed by atoms with van der Waals surface area (Å²) in [7, 11) is 1.29. The number of hydrogen-bond acceptors (Lipinski definition) is 5. The molecule has 0 aliphatic rings. The van der Waals surface area contributed by atoms with Crippen molar-refractivity contribution >= 4 is 17.6 Å². The zero-order chi connectivity index (χ0) is 14.6. The zero-order valence-corrected chi connectivity index (χ0v) is 11.8. The van der Waals surface area contributed by atoms with Crippen LogP contribution in [0.15, 0.2) is 0 Å². The molecule has 1 aromatic rings. The molecule has 2 N–H and O–H groups in total. The molecule has 1 aromatic heterocycles. The molecule has 0 radical (unpaired) electrons. The van der Waals surface area contributed by atoms with E-state index in [-0.39, 0.29) is 12.5 Å². The smallest absolute Gasteiger partial charge is 0.325 e. The second-order valence-corrected chi connectivity index (χ2v) is 4.06. The average molecular weight is 268 g/mol. The summed E-state index contributed by atoms with van der Waals surface area (Å²) in [6.07, 6.45) is 0. The third kappa shape index (κ3) is 3.04. The van der Waals surface area contributed by atoms with Crippen molar-refractivity contribution in [1.82, 2.24) is 14.7 Å². The van der Waals surface area contributed by atoms with Gasteiger partial charge >= 0.3 is 5.97 Å². The fourth-order valence-corrected chi connectivity index (χ4v) is 1.75. The van der Waals surface area contributed by atoms with Crippen LogP contribution in [0.1, 0.15) is 30.0 Å². The Balaban J connectivity index is 3.07. The molecule has 1 rings (SSSR count). The molecular formula is C12H20N4O3. The van der Waals surface area contributed by atoms with Crippen LogP contribution in [0.2, 0.25) is 0 Å². The molecule has 7 heteroatoms. The molecule has 0 fully saturated rings. The maximum absolute atomic E-state index is 12.4. The number of ether oxygens (including phenoxy) is 1. The molecule has 0 atom stereocenters. The van der Waals surface area contributed by atoms with Gasteiger partial charge < -0.3 is 15.4 Å². The number of methoxy groups -OCH3 is 1. The number of nitrogen functional groups attached to an aromatic ring is 1. The van der Waals surface area contributed by atoms with Crippen LogP contribution in [-0.2, 0) is 16.1 Å². The van der Waals surface area contributed by atoms with E-state index in [4.69, 9.17) is 5.73 Å². The third-order valence-electron chi connectivity index (χ3n) is 2.89. The Morgan fingerprint density at radius 3 is 2.53 bits per heavy atom. The van der Waals surface area contributed by atoms with Crippen LogP contribution in [0.5, 0.6) is 0 Å². The first-order valence-corrected chi connectivity index (χ1v) is 6.15. The van der Waals surface area contributed by atoms with Crippen molar-refractivity contribution in [2.45, 2.75) is 27.3 Å². The second kappa shape index (κ2) is 6.21. The fourth-order valence-electron chi connectivity index (χ4n) is 1.75. The van der Waals surface area contributed by atoms with Crippen LogP contribution >= 0.6 is 0 Å². The normalized spacial score (nSPS) is 10.3. The van der Waals surface area contributed by atoms with Gasteiger partial charge in [0.1, 0.15) is 12.2 Å². The Hall–Kier alpha value is -2.05. The second-order valence-electron chi connectivity index (χ2n) is 4.06. The number of rotatable bonds is 5. The number of anilines is 1. The van der Waals surface area contributed by atoms with Gasteiger partial charge in [-0.05, 0) is 20.8 Å². The summed E-state index contributed by atoms with van der Waals surface area (Å²) in [5.41, 5.74) is 7.18. The van der Waals surface area contributed by atoms with Crippen LogP contribution in [0.4, 0.5) is 5.69 Å². The predicted molar refractivity (Wildman–Crippen MR) is 70.6 cm³/mol. The van der Waals surface area contributed by atoms with Crippen LogP contribution in [0.25, 0.3) is 0 Å². The number of nitrogens with zero attached hydrogens (tertiary/aromatic N) is 3. The van der Waals surface area contributed by atoms with Crippen LogP contribution in [0.3, 0.4) is 0 Å². The number of carbonyl (C=O) groups is 2. The Bertz CT molecular complexity index is 482. The zero-order valence-electron chi connectivity index (χ0n) is 11.8. The van der Waals surface area contributed by atoms with Gasteiger partial charge in [0, 0.05) is 13.1 Å². The van der Waals surface area contributed by atoms with Gasteiger partial charge in [0.05, 0.1) is 18.5 Å². The fraction of sp³-hybridized carbons (Fsp3) is 0.583. The average Bonchev–Trinajstić information content (AvgIpc) is 2.70. The van der Waals surface area contributed by atoms with Gasteiger partial charge in [-0.3, -0.25) is 14.3 Å². The third-order valence-corrected chi connectivity index (χ3v) is 2.89. The minimum atomic E-state index is -0.465. The SMILES string of the molecule is CCN(CC(=O)OC)C(=O)c1c(N)c(C)nn1CC. The highest BCUT2D eigenvalue weighted by Gasteiger charge is 2.25. The van der Waals surface area contributed by atoms with Crippen molar-refractivity contribution in [2.24, 2.45) is 0 Å². The summed E-state index contributed by atoms with van der Waals surface area (Å²) in [5.74, 6) is -0.777. The molecular weight excluding hydrogens is 248 g/mol. The van der Waals surface area contributed by atoms with Crippen molar-refractivity contribution in [3.05, 3.63) is 11.4 Å². The maximum Gasteiger partial charge on any atom is 0.325 e. The molecule has 1 amide bonds. The van der Waals surface area contributed by atoms with Gasteiger partial charge in [0.15, 0.2) is 0 Å². The van der Waals surface area contributed by atoms with Gasteiger partial charge in [-0.1, -0.05) is 0 Å². The number of amides is 1. The molecule has 7 nitrogen and oxygen atoms in total. The number of nitrogens with two attached hydrogens (primary N) is 1. The Morgan fingerprint density at radius 2 is 2.05 bits per heavy atom. The van der Waals surface area contributed by atoms with Crippen LogP contribution in [0, 0.1) is 6.92 Å². The van der Waals surface area contributed by atoms with E-state index < -0.39 is 5.97 Å². The first kappa shape index (κ1) is 15.0. The standard InChI is InChI=1S/C12H20N4O3/c1-5-15(7-9(17)19-4)12(18)11-10(13)8(3)14-16(11)6-2/h5-7,13H2,1-4H3. The molecule has 106 valence electrons.